The Morgan fingerprint density at radius 3 is 2.67 bits per heavy atom. The normalized spacial score (nSPS) is 16.9. The minimum atomic E-state index is -3.54. The summed E-state index contributed by atoms with van der Waals surface area (Å²) in [5.74, 6) is 0.948. The van der Waals surface area contributed by atoms with Gasteiger partial charge in [0.25, 0.3) is 0 Å². The van der Waals surface area contributed by atoms with Gasteiger partial charge in [0.1, 0.15) is 10.7 Å². The fraction of sp³-hybridized carbons (Fsp3) is 0.643. The number of rotatable bonds is 6. The van der Waals surface area contributed by atoms with Crippen LogP contribution < -0.4 is 10.0 Å². The van der Waals surface area contributed by atoms with Gasteiger partial charge in [0.05, 0.1) is 5.02 Å². The summed E-state index contributed by atoms with van der Waals surface area (Å²) in [5.41, 5.74) is 0. The molecule has 1 aromatic rings. The lowest BCUT2D eigenvalue weighted by Gasteiger charge is -2.21. The molecule has 1 heterocycles. The molecule has 1 fully saturated rings. The number of nitrogens with zero attached hydrogens (tertiary/aromatic N) is 1. The zero-order valence-electron chi connectivity index (χ0n) is 12.2. The Morgan fingerprint density at radius 1 is 1.33 bits per heavy atom. The Morgan fingerprint density at radius 2 is 2.05 bits per heavy atom. The predicted octanol–water partition coefficient (Wildman–Crippen LogP) is 3.03. The maximum absolute atomic E-state index is 12.3. The van der Waals surface area contributed by atoms with Crippen LogP contribution in [0.5, 0.6) is 0 Å². The lowest BCUT2D eigenvalue weighted by atomic mass is 9.90. The fourth-order valence-corrected chi connectivity index (χ4v) is 3.95. The molecule has 0 unspecified atom stereocenters. The Hall–Kier alpha value is -0.850. The average molecular weight is 332 g/mol. The molecule has 2 rings (SSSR count). The third-order valence-corrected chi connectivity index (χ3v) is 5.44. The van der Waals surface area contributed by atoms with E-state index in [0.29, 0.717) is 29.8 Å². The van der Waals surface area contributed by atoms with Crippen LogP contribution in [0.2, 0.25) is 5.02 Å². The molecule has 0 saturated heterocycles. The van der Waals surface area contributed by atoms with E-state index in [-0.39, 0.29) is 4.90 Å². The Kier molecular flexibility index (Phi) is 5.84. The number of sulfonamides is 1. The van der Waals surface area contributed by atoms with Crippen LogP contribution in [0.3, 0.4) is 0 Å². The number of aromatic nitrogens is 1. The molecule has 0 aliphatic heterocycles. The monoisotopic (exact) mass is 331 g/mol. The van der Waals surface area contributed by atoms with Crippen molar-refractivity contribution in [1.82, 2.24) is 9.71 Å². The molecule has 2 N–H and O–H groups in total. The molecule has 0 radical (unpaired) electrons. The predicted molar refractivity (Wildman–Crippen MR) is 85.2 cm³/mol. The molecule has 1 aliphatic rings. The zero-order chi connectivity index (χ0) is 15.3. The van der Waals surface area contributed by atoms with E-state index in [0.717, 1.165) is 12.8 Å². The number of pyridine rings is 1. The Labute approximate surface area is 131 Å². The molecule has 0 spiro atoms. The SMILES string of the molecule is CCNc1ncc(S(=O)(=O)NCC2CCCCC2)cc1Cl. The first-order valence-corrected chi connectivity index (χ1v) is 9.28. The molecule has 1 saturated carbocycles. The standard InChI is InChI=1S/C14H22ClN3O2S/c1-2-16-14-13(15)8-12(10-17-14)21(19,20)18-9-11-6-4-3-5-7-11/h8,10-11,18H,2-7,9H2,1H3,(H,16,17). The summed E-state index contributed by atoms with van der Waals surface area (Å²) in [7, 11) is -3.54. The third kappa shape index (κ3) is 4.56. The van der Waals surface area contributed by atoms with Crippen LogP contribution in [0.15, 0.2) is 17.2 Å². The maximum Gasteiger partial charge on any atom is 0.242 e. The van der Waals surface area contributed by atoms with E-state index in [1.807, 2.05) is 6.92 Å². The van der Waals surface area contributed by atoms with Crippen LogP contribution in [-0.4, -0.2) is 26.5 Å². The van der Waals surface area contributed by atoms with Crippen molar-refractivity contribution < 1.29 is 8.42 Å². The highest BCUT2D eigenvalue weighted by Crippen LogP contribution is 2.25. The van der Waals surface area contributed by atoms with Gasteiger partial charge in [0, 0.05) is 19.3 Å². The minimum absolute atomic E-state index is 0.116. The van der Waals surface area contributed by atoms with Crippen LogP contribution in [0.25, 0.3) is 0 Å². The summed E-state index contributed by atoms with van der Waals surface area (Å²) in [4.78, 5) is 4.18. The van der Waals surface area contributed by atoms with E-state index < -0.39 is 10.0 Å². The second-order valence-corrected chi connectivity index (χ2v) is 7.56. The summed E-state index contributed by atoms with van der Waals surface area (Å²) in [6.45, 7) is 3.10. The van der Waals surface area contributed by atoms with Gasteiger partial charge >= 0.3 is 0 Å². The van der Waals surface area contributed by atoms with Crippen molar-refractivity contribution in [2.75, 3.05) is 18.4 Å². The summed E-state index contributed by atoms with van der Waals surface area (Å²) in [6, 6.07) is 1.44. The number of anilines is 1. The van der Waals surface area contributed by atoms with Crippen molar-refractivity contribution in [2.24, 2.45) is 5.92 Å². The van der Waals surface area contributed by atoms with E-state index in [1.165, 1.54) is 31.5 Å². The van der Waals surface area contributed by atoms with Gasteiger partial charge in [-0.15, -0.1) is 0 Å². The molecule has 118 valence electrons. The van der Waals surface area contributed by atoms with Crippen molar-refractivity contribution in [2.45, 2.75) is 43.9 Å². The van der Waals surface area contributed by atoms with Crippen LogP contribution in [-0.2, 0) is 10.0 Å². The first-order chi connectivity index (χ1) is 10.0. The Bertz CT molecular complexity index is 572. The Balaban J connectivity index is 2.03. The van der Waals surface area contributed by atoms with Crippen LogP contribution in [0.4, 0.5) is 5.82 Å². The smallest absolute Gasteiger partial charge is 0.242 e. The van der Waals surface area contributed by atoms with E-state index in [1.54, 1.807) is 0 Å². The third-order valence-electron chi connectivity index (χ3n) is 3.76. The summed E-state index contributed by atoms with van der Waals surface area (Å²) in [5, 5.41) is 3.30. The van der Waals surface area contributed by atoms with Gasteiger partial charge < -0.3 is 5.32 Å². The summed E-state index contributed by atoms with van der Waals surface area (Å²) >= 11 is 6.05. The molecular weight excluding hydrogens is 310 g/mol. The van der Waals surface area contributed by atoms with Crippen molar-refractivity contribution in [3.63, 3.8) is 0 Å². The molecular formula is C14H22ClN3O2S. The summed E-state index contributed by atoms with van der Waals surface area (Å²) < 4.78 is 27.2. The zero-order valence-corrected chi connectivity index (χ0v) is 13.8. The quantitative estimate of drug-likeness (QED) is 0.840. The summed E-state index contributed by atoms with van der Waals surface area (Å²) in [6.07, 6.45) is 7.18. The largest absolute Gasteiger partial charge is 0.369 e. The average Bonchev–Trinajstić information content (AvgIpc) is 2.48. The lowest BCUT2D eigenvalue weighted by molar-refractivity contribution is 0.357. The molecule has 1 aliphatic carbocycles. The minimum Gasteiger partial charge on any atom is -0.369 e. The van der Waals surface area contributed by atoms with Gasteiger partial charge in [0.15, 0.2) is 0 Å². The van der Waals surface area contributed by atoms with Crippen molar-refractivity contribution in [3.05, 3.63) is 17.3 Å². The van der Waals surface area contributed by atoms with E-state index in [9.17, 15) is 8.42 Å². The molecule has 7 heteroatoms. The highest BCUT2D eigenvalue weighted by atomic mass is 35.5. The number of hydrogen-bond donors (Lipinski definition) is 2. The second kappa shape index (κ2) is 7.42. The molecule has 0 amide bonds. The van der Waals surface area contributed by atoms with Gasteiger partial charge in [-0.3, -0.25) is 0 Å². The van der Waals surface area contributed by atoms with E-state index in [2.05, 4.69) is 15.0 Å². The molecule has 1 aromatic heterocycles. The molecule has 5 nitrogen and oxygen atoms in total. The van der Waals surface area contributed by atoms with Gasteiger partial charge in [-0.2, -0.15) is 0 Å². The van der Waals surface area contributed by atoms with Gasteiger partial charge in [-0.25, -0.2) is 18.1 Å². The first kappa shape index (κ1) is 16.5. The van der Waals surface area contributed by atoms with Gasteiger partial charge in [-0.1, -0.05) is 30.9 Å². The van der Waals surface area contributed by atoms with Crippen LogP contribution >= 0.6 is 11.6 Å². The topological polar surface area (TPSA) is 71.1 Å². The van der Waals surface area contributed by atoms with Crippen LogP contribution in [0.1, 0.15) is 39.0 Å². The van der Waals surface area contributed by atoms with E-state index >= 15 is 0 Å². The van der Waals surface area contributed by atoms with Crippen molar-refractivity contribution >= 4 is 27.4 Å². The molecule has 21 heavy (non-hydrogen) atoms. The lowest BCUT2D eigenvalue weighted by Crippen LogP contribution is -2.30. The number of halogens is 1. The van der Waals surface area contributed by atoms with Gasteiger partial charge in [-0.05, 0) is 31.7 Å². The molecule has 0 atom stereocenters. The maximum atomic E-state index is 12.3. The molecule has 0 bridgehead atoms. The van der Waals surface area contributed by atoms with Crippen molar-refractivity contribution in [3.8, 4) is 0 Å². The highest BCUT2D eigenvalue weighted by Gasteiger charge is 2.20. The number of hydrogen-bond acceptors (Lipinski definition) is 4. The van der Waals surface area contributed by atoms with E-state index in [4.69, 9.17) is 11.6 Å². The van der Waals surface area contributed by atoms with Crippen molar-refractivity contribution in [1.29, 1.82) is 0 Å². The highest BCUT2D eigenvalue weighted by molar-refractivity contribution is 7.89. The van der Waals surface area contributed by atoms with Crippen LogP contribution in [0, 0.1) is 5.92 Å². The fourth-order valence-electron chi connectivity index (χ4n) is 2.57. The molecule has 0 aromatic carbocycles. The number of nitrogens with one attached hydrogen (secondary N) is 2. The first-order valence-electron chi connectivity index (χ1n) is 7.42. The second-order valence-electron chi connectivity index (χ2n) is 5.39. The van der Waals surface area contributed by atoms with Gasteiger partial charge in [0.2, 0.25) is 10.0 Å².